The van der Waals surface area contributed by atoms with Gasteiger partial charge in [0.25, 0.3) is 0 Å². The van der Waals surface area contributed by atoms with E-state index >= 15 is 0 Å². The molecule has 1 aromatic carbocycles. The summed E-state index contributed by atoms with van der Waals surface area (Å²) < 4.78 is 1.73. The molecule has 0 radical (unpaired) electrons. The fourth-order valence-electron chi connectivity index (χ4n) is 1.95. The summed E-state index contributed by atoms with van der Waals surface area (Å²) in [5.74, 6) is 0. The van der Waals surface area contributed by atoms with Crippen LogP contribution >= 0.6 is 11.6 Å². The summed E-state index contributed by atoms with van der Waals surface area (Å²) >= 11 is 5.87. The van der Waals surface area contributed by atoms with Crippen molar-refractivity contribution >= 4 is 17.3 Å². The van der Waals surface area contributed by atoms with Crippen molar-refractivity contribution in [2.45, 2.75) is 13.5 Å². The van der Waals surface area contributed by atoms with Gasteiger partial charge in [0.15, 0.2) is 0 Å². The molecule has 21 heavy (non-hydrogen) atoms. The number of aryl methyl sites for hydroxylation is 1. The molecule has 3 aromatic rings. The molecule has 0 unspecified atom stereocenters. The van der Waals surface area contributed by atoms with Gasteiger partial charge in [-0.3, -0.25) is 4.98 Å². The molecule has 5 nitrogen and oxygen atoms in total. The minimum Gasteiger partial charge on any atom is -0.379 e. The molecule has 0 aliphatic carbocycles. The number of hydrogen-bond donors (Lipinski definition) is 1. The Morgan fingerprint density at radius 3 is 2.76 bits per heavy atom. The van der Waals surface area contributed by atoms with E-state index in [2.05, 4.69) is 20.6 Å². The van der Waals surface area contributed by atoms with E-state index in [0.29, 0.717) is 11.6 Å². The van der Waals surface area contributed by atoms with Crippen LogP contribution in [0.2, 0.25) is 5.02 Å². The van der Waals surface area contributed by atoms with Crippen LogP contribution in [0.5, 0.6) is 0 Å². The minimum atomic E-state index is 0.608. The predicted octanol–water partition coefficient (Wildman–Crippen LogP) is 3.24. The second-order valence-corrected chi connectivity index (χ2v) is 5.11. The Labute approximate surface area is 127 Å². The molecule has 2 heterocycles. The molecule has 3 rings (SSSR count). The summed E-state index contributed by atoms with van der Waals surface area (Å²) in [5, 5.41) is 12.3. The molecule has 0 bridgehead atoms. The van der Waals surface area contributed by atoms with E-state index < -0.39 is 0 Å². The average molecular weight is 300 g/mol. The zero-order valence-electron chi connectivity index (χ0n) is 11.5. The van der Waals surface area contributed by atoms with Crippen molar-refractivity contribution < 1.29 is 0 Å². The van der Waals surface area contributed by atoms with Gasteiger partial charge in [-0.1, -0.05) is 16.8 Å². The van der Waals surface area contributed by atoms with Crippen LogP contribution in [0.25, 0.3) is 5.69 Å². The average Bonchev–Trinajstić information content (AvgIpc) is 2.95. The highest BCUT2D eigenvalue weighted by Gasteiger charge is 2.03. The van der Waals surface area contributed by atoms with Gasteiger partial charge in [-0.25, -0.2) is 4.68 Å². The number of benzene rings is 1. The topological polar surface area (TPSA) is 55.6 Å². The van der Waals surface area contributed by atoms with E-state index in [9.17, 15) is 0 Å². The van der Waals surface area contributed by atoms with Crippen molar-refractivity contribution in [3.63, 3.8) is 0 Å². The zero-order chi connectivity index (χ0) is 14.7. The summed E-state index contributed by atoms with van der Waals surface area (Å²) in [6, 6.07) is 11.4. The molecule has 0 saturated heterocycles. The van der Waals surface area contributed by atoms with Crippen LogP contribution < -0.4 is 5.32 Å². The number of anilines is 1. The summed E-state index contributed by atoms with van der Waals surface area (Å²) in [6.07, 6.45) is 3.67. The monoisotopic (exact) mass is 299 g/mol. The van der Waals surface area contributed by atoms with E-state index in [1.807, 2.05) is 49.5 Å². The number of nitrogens with one attached hydrogen (secondary N) is 1. The van der Waals surface area contributed by atoms with Crippen LogP contribution in [0.4, 0.5) is 5.69 Å². The van der Waals surface area contributed by atoms with Gasteiger partial charge in [0.2, 0.25) is 0 Å². The Morgan fingerprint density at radius 1 is 1.19 bits per heavy atom. The third-order valence-corrected chi connectivity index (χ3v) is 3.25. The molecule has 0 amide bonds. The van der Waals surface area contributed by atoms with Crippen molar-refractivity contribution in [1.82, 2.24) is 20.0 Å². The number of aromatic nitrogens is 4. The van der Waals surface area contributed by atoms with Crippen molar-refractivity contribution in [2.24, 2.45) is 0 Å². The predicted molar refractivity (Wildman–Crippen MR) is 82.7 cm³/mol. The van der Waals surface area contributed by atoms with E-state index in [4.69, 9.17) is 11.6 Å². The fraction of sp³-hybridized carbons (Fsp3) is 0.133. The van der Waals surface area contributed by atoms with Gasteiger partial charge < -0.3 is 5.32 Å². The van der Waals surface area contributed by atoms with Gasteiger partial charge in [0.1, 0.15) is 5.69 Å². The van der Waals surface area contributed by atoms with Gasteiger partial charge in [-0.15, -0.1) is 5.10 Å². The maximum absolute atomic E-state index is 5.87. The molecule has 0 spiro atoms. The molecule has 0 aliphatic rings. The molecule has 0 fully saturated rings. The highest BCUT2D eigenvalue weighted by molar-refractivity contribution is 6.30. The maximum atomic E-state index is 5.87. The van der Waals surface area contributed by atoms with Gasteiger partial charge in [-0.2, -0.15) is 0 Å². The Kier molecular flexibility index (Phi) is 3.83. The van der Waals surface area contributed by atoms with Crippen molar-refractivity contribution in [3.8, 4) is 5.69 Å². The normalized spacial score (nSPS) is 10.6. The lowest BCUT2D eigenvalue weighted by Crippen LogP contribution is -2.00. The number of hydrogen-bond acceptors (Lipinski definition) is 4. The summed E-state index contributed by atoms with van der Waals surface area (Å²) in [5.41, 5.74) is 3.78. The molecule has 1 N–H and O–H groups in total. The maximum Gasteiger partial charge on any atom is 0.102 e. The largest absolute Gasteiger partial charge is 0.379 e. The first-order chi connectivity index (χ1) is 10.2. The van der Waals surface area contributed by atoms with Crippen molar-refractivity contribution in [3.05, 3.63) is 65.2 Å². The first-order valence-corrected chi connectivity index (χ1v) is 6.92. The van der Waals surface area contributed by atoms with Gasteiger partial charge in [-0.05, 0) is 43.3 Å². The van der Waals surface area contributed by atoms with E-state index in [-0.39, 0.29) is 0 Å². The smallest absolute Gasteiger partial charge is 0.102 e. The standard InChI is InChI=1S/C15H14ClN5/c1-11-8-13(6-7-17-11)18-9-14-10-21(20-19-14)15-4-2-12(16)3-5-15/h2-8,10H,9H2,1H3,(H,17,18). The van der Waals surface area contributed by atoms with Gasteiger partial charge >= 0.3 is 0 Å². The summed E-state index contributed by atoms with van der Waals surface area (Å²) in [7, 11) is 0. The lowest BCUT2D eigenvalue weighted by Gasteiger charge is -2.04. The first kappa shape index (κ1) is 13.6. The second-order valence-electron chi connectivity index (χ2n) is 4.67. The summed E-state index contributed by atoms with van der Waals surface area (Å²) in [6.45, 7) is 2.57. The molecule has 0 atom stereocenters. The molecule has 2 aromatic heterocycles. The Balaban J connectivity index is 1.69. The highest BCUT2D eigenvalue weighted by atomic mass is 35.5. The highest BCUT2D eigenvalue weighted by Crippen LogP contribution is 2.13. The van der Waals surface area contributed by atoms with Crippen LogP contribution in [0.1, 0.15) is 11.4 Å². The Bertz CT molecular complexity index is 736. The molecule has 6 heteroatoms. The zero-order valence-corrected chi connectivity index (χ0v) is 12.2. The van der Waals surface area contributed by atoms with Gasteiger partial charge in [0.05, 0.1) is 18.4 Å². The number of rotatable bonds is 4. The quantitative estimate of drug-likeness (QED) is 0.803. The third kappa shape index (κ3) is 3.38. The van der Waals surface area contributed by atoms with Crippen molar-refractivity contribution in [1.29, 1.82) is 0 Å². The van der Waals surface area contributed by atoms with E-state index in [1.54, 1.807) is 10.9 Å². The molecule has 0 saturated carbocycles. The minimum absolute atomic E-state index is 0.608. The summed E-state index contributed by atoms with van der Waals surface area (Å²) in [4.78, 5) is 4.16. The SMILES string of the molecule is Cc1cc(NCc2cn(-c3ccc(Cl)cc3)nn2)ccn1. The third-order valence-electron chi connectivity index (χ3n) is 3.00. The number of pyridine rings is 1. The van der Waals surface area contributed by atoms with Crippen LogP contribution in [0.3, 0.4) is 0 Å². The van der Waals surface area contributed by atoms with E-state index in [0.717, 1.165) is 22.8 Å². The molecular formula is C15H14ClN5. The number of nitrogens with zero attached hydrogens (tertiary/aromatic N) is 4. The van der Waals surface area contributed by atoms with E-state index in [1.165, 1.54) is 0 Å². The van der Waals surface area contributed by atoms with Crippen LogP contribution in [-0.2, 0) is 6.54 Å². The second kappa shape index (κ2) is 5.93. The van der Waals surface area contributed by atoms with Crippen LogP contribution in [-0.4, -0.2) is 20.0 Å². The van der Waals surface area contributed by atoms with Crippen LogP contribution in [0.15, 0.2) is 48.8 Å². The number of halogens is 1. The lowest BCUT2D eigenvalue weighted by molar-refractivity contribution is 0.798. The Hall–Kier alpha value is -2.40. The molecule has 106 valence electrons. The molecular weight excluding hydrogens is 286 g/mol. The fourth-order valence-corrected chi connectivity index (χ4v) is 2.07. The first-order valence-electron chi connectivity index (χ1n) is 6.54. The van der Waals surface area contributed by atoms with Crippen LogP contribution in [0, 0.1) is 6.92 Å². The Morgan fingerprint density at radius 2 is 2.00 bits per heavy atom. The molecule has 0 aliphatic heterocycles. The lowest BCUT2D eigenvalue weighted by atomic mass is 10.3. The van der Waals surface area contributed by atoms with Crippen molar-refractivity contribution in [2.75, 3.05) is 5.32 Å². The van der Waals surface area contributed by atoms with Gasteiger partial charge in [0, 0.05) is 22.6 Å².